The number of hydrogen-bond donors (Lipinski definition) is 1. The molecule has 0 saturated heterocycles. The highest BCUT2D eigenvalue weighted by atomic mass is 16.6. The molecule has 34 valence electrons. The summed E-state index contributed by atoms with van der Waals surface area (Å²) in [5, 5.41) is 2.66. The summed E-state index contributed by atoms with van der Waals surface area (Å²) in [6.45, 7) is -0.0742. The summed E-state index contributed by atoms with van der Waals surface area (Å²) in [6.07, 6.45) is 1.14. The molecule has 2 N–H and O–H groups in total. The Morgan fingerprint density at radius 2 is 2.67 bits per heavy atom. The third kappa shape index (κ3) is 3.14. The van der Waals surface area contributed by atoms with Gasteiger partial charge in [-0.3, -0.25) is 5.73 Å². The molecule has 0 fully saturated rings. The van der Waals surface area contributed by atoms with Gasteiger partial charge in [0.2, 0.25) is 0 Å². The maximum Gasteiger partial charge on any atom is 0.276 e. The molecule has 0 aromatic heterocycles. The van der Waals surface area contributed by atoms with Crippen molar-refractivity contribution >= 4 is 6.08 Å². The van der Waals surface area contributed by atoms with Crippen LogP contribution in [0.5, 0.6) is 0 Å². The van der Waals surface area contributed by atoms with Gasteiger partial charge in [0.05, 0.1) is 0 Å². The van der Waals surface area contributed by atoms with Gasteiger partial charge in [-0.1, -0.05) is 0 Å². The Labute approximate surface area is 34.6 Å². The topological polar surface area (TPSA) is 64.7 Å². The van der Waals surface area contributed by atoms with Gasteiger partial charge in [0.1, 0.15) is 0 Å². The second-order valence-electron chi connectivity index (χ2n) is 0.478. The Morgan fingerprint density at radius 1 is 2.00 bits per heavy atom. The van der Waals surface area contributed by atoms with E-state index in [0.29, 0.717) is 0 Å². The minimum atomic E-state index is -0.0742. The van der Waals surface area contributed by atoms with Gasteiger partial charge in [0, 0.05) is 5.16 Å². The number of nitrogens with two attached hydrogens (primary N) is 1. The minimum absolute atomic E-state index is 0.0742. The van der Waals surface area contributed by atoms with E-state index in [1.807, 2.05) is 0 Å². The molecule has 4 nitrogen and oxygen atoms in total. The van der Waals surface area contributed by atoms with Crippen LogP contribution in [0.25, 0.3) is 0 Å². The highest BCUT2D eigenvalue weighted by Gasteiger charge is 1.61. The van der Waals surface area contributed by atoms with Gasteiger partial charge in [0.15, 0.2) is 6.73 Å². The summed E-state index contributed by atoms with van der Waals surface area (Å²) in [4.78, 5) is 13.1. The first-order valence-electron chi connectivity index (χ1n) is 1.31. The zero-order chi connectivity index (χ0) is 4.83. The van der Waals surface area contributed by atoms with E-state index in [-0.39, 0.29) is 6.73 Å². The number of rotatable bonds is 2. The molecule has 0 saturated carbocycles. The molecule has 0 unspecified atom stereocenters. The molecule has 0 aliphatic carbocycles. The molecule has 0 amide bonds. The molecule has 0 aliphatic rings. The Bertz CT molecular complexity index is 65.9. The number of nitrogens with zero attached hydrogens (tertiary/aromatic N) is 1. The van der Waals surface area contributed by atoms with Gasteiger partial charge in [0.25, 0.3) is 6.08 Å². The van der Waals surface area contributed by atoms with Crippen molar-refractivity contribution in [1.29, 1.82) is 0 Å². The zero-order valence-electron chi connectivity index (χ0n) is 3.05. The predicted molar refractivity (Wildman–Crippen MR) is 18.3 cm³/mol. The molecule has 4 heteroatoms. The molecular formula is C2H4N2O2. The van der Waals surface area contributed by atoms with Crippen LogP contribution < -0.4 is 5.73 Å². The van der Waals surface area contributed by atoms with E-state index >= 15 is 0 Å². The molecule has 0 heterocycles. The lowest BCUT2D eigenvalue weighted by atomic mass is 11.4. The van der Waals surface area contributed by atoms with Crippen LogP contribution in [0.4, 0.5) is 0 Å². The summed E-state index contributed by atoms with van der Waals surface area (Å²) in [5.74, 6) is 0. The molecule has 6 heavy (non-hydrogen) atoms. The Balaban J connectivity index is 2.86. The average molecular weight is 88.1 g/mol. The lowest BCUT2D eigenvalue weighted by molar-refractivity contribution is 0.151. The van der Waals surface area contributed by atoms with Crippen molar-refractivity contribution in [3.8, 4) is 0 Å². The van der Waals surface area contributed by atoms with Crippen LogP contribution in [-0.2, 0) is 9.63 Å². The van der Waals surface area contributed by atoms with Crippen molar-refractivity contribution in [1.82, 2.24) is 0 Å². The smallest absolute Gasteiger partial charge is 0.276 e. The molecule has 0 bridgehead atoms. The standard InChI is InChI=1S/C2H4N2O2/c3-1-6-4-2-5/h1,3H2. The Kier molecular flexibility index (Phi) is 3.55. The first-order valence-corrected chi connectivity index (χ1v) is 1.31. The molecule has 0 radical (unpaired) electrons. The van der Waals surface area contributed by atoms with Gasteiger partial charge in [-0.05, 0) is 0 Å². The number of hydrogen-bond acceptors (Lipinski definition) is 4. The van der Waals surface area contributed by atoms with E-state index in [1.54, 1.807) is 0 Å². The largest absolute Gasteiger partial charge is 0.370 e. The van der Waals surface area contributed by atoms with E-state index in [4.69, 9.17) is 10.5 Å². The molecule has 0 aliphatic heterocycles. The first kappa shape index (κ1) is 5.14. The van der Waals surface area contributed by atoms with E-state index in [2.05, 4.69) is 9.99 Å². The molecule has 0 atom stereocenters. The van der Waals surface area contributed by atoms with Crippen LogP contribution in [0, 0.1) is 0 Å². The van der Waals surface area contributed by atoms with Crippen molar-refractivity contribution in [3.05, 3.63) is 0 Å². The average Bonchev–Trinajstić information content (AvgIpc) is 1.61. The van der Waals surface area contributed by atoms with Crippen LogP contribution in [0.15, 0.2) is 5.16 Å². The highest BCUT2D eigenvalue weighted by Crippen LogP contribution is 1.58. The quantitative estimate of drug-likeness (QED) is 0.207. The summed E-state index contributed by atoms with van der Waals surface area (Å²) in [6, 6.07) is 0. The maximum absolute atomic E-state index is 9.09. The molecule has 0 aromatic rings. The van der Waals surface area contributed by atoms with Gasteiger partial charge in [-0.15, -0.1) is 0 Å². The van der Waals surface area contributed by atoms with Crippen LogP contribution in [0.1, 0.15) is 0 Å². The predicted octanol–water partition coefficient (Wildman–Crippen LogP) is -0.830. The van der Waals surface area contributed by atoms with Crippen molar-refractivity contribution in [2.75, 3.05) is 6.73 Å². The highest BCUT2D eigenvalue weighted by molar-refractivity contribution is 5.31. The third-order valence-corrected chi connectivity index (χ3v) is 0.176. The maximum atomic E-state index is 9.09. The molecule has 0 spiro atoms. The van der Waals surface area contributed by atoms with Crippen LogP contribution in [0.3, 0.4) is 0 Å². The SMILES string of the molecule is NCON=C=O. The first-order chi connectivity index (χ1) is 2.91. The fraction of sp³-hybridized carbons (Fsp3) is 0.500. The van der Waals surface area contributed by atoms with Crippen molar-refractivity contribution < 1.29 is 9.63 Å². The van der Waals surface area contributed by atoms with Crippen molar-refractivity contribution in [2.24, 2.45) is 10.9 Å². The normalized spacial score (nSPS) is 6.17. The van der Waals surface area contributed by atoms with Gasteiger partial charge in [-0.2, -0.15) is 0 Å². The van der Waals surface area contributed by atoms with Crippen LogP contribution in [0.2, 0.25) is 0 Å². The van der Waals surface area contributed by atoms with E-state index in [1.165, 1.54) is 0 Å². The molecule has 0 rings (SSSR count). The molecular weight excluding hydrogens is 84.0 g/mol. The monoisotopic (exact) mass is 88.0 g/mol. The van der Waals surface area contributed by atoms with Crippen LogP contribution >= 0.6 is 0 Å². The second kappa shape index (κ2) is 4.14. The minimum Gasteiger partial charge on any atom is -0.370 e. The van der Waals surface area contributed by atoms with Crippen molar-refractivity contribution in [3.63, 3.8) is 0 Å². The summed E-state index contributed by atoms with van der Waals surface area (Å²) >= 11 is 0. The van der Waals surface area contributed by atoms with E-state index < -0.39 is 0 Å². The van der Waals surface area contributed by atoms with Gasteiger partial charge < -0.3 is 4.84 Å². The summed E-state index contributed by atoms with van der Waals surface area (Å²) in [7, 11) is 0. The summed E-state index contributed by atoms with van der Waals surface area (Å²) in [5.41, 5.74) is 4.72. The lowest BCUT2D eigenvalue weighted by Crippen LogP contribution is -1.98. The van der Waals surface area contributed by atoms with Crippen LogP contribution in [-0.4, -0.2) is 12.8 Å². The zero-order valence-corrected chi connectivity index (χ0v) is 3.05. The van der Waals surface area contributed by atoms with Crippen molar-refractivity contribution in [2.45, 2.75) is 0 Å². The fourth-order valence-corrected chi connectivity index (χ4v) is 0.0636. The van der Waals surface area contributed by atoms with E-state index in [0.717, 1.165) is 6.08 Å². The fourth-order valence-electron chi connectivity index (χ4n) is 0.0636. The second-order valence-corrected chi connectivity index (χ2v) is 0.478. The third-order valence-electron chi connectivity index (χ3n) is 0.176. The summed E-state index contributed by atoms with van der Waals surface area (Å²) < 4.78 is 0. The Morgan fingerprint density at radius 3 is 2.83 bits per heavy atom. The van der Waals surface area contributed by atoms with Gasteiger partial charge >= 0.3 is 0 Å². The molecule has 0 aromatic carbocycles. The van der Waals surface area contributed by atoms with E-state index in [9.17, 15) is 0 Å². The lowest BCUT2D eigenvalue weighted by Gasteiger charge is -1.80. The Hall–Kier alpha value is -0.860. The van der Waals surface area contributed by atoms with Gasteiger partial charge in [-0.25, -0.2) is 4.79 Å². The number of isocyanates is 1. The number of carbonyl (C=O) groups excluding carboxylic acids is 1.